The number of amides is 2. The summed E-state index contributed by atoms with van der Waals surface area (Å²) in [6, 6.07) is 23.4. The highest BCUT2D eigenvalue weighted by atomic mass is 28.4. The number of nitrogens with one attached hydrogen (secondary N) is 1. The molecule has 2 bridgehead atoms. The van der Waals surface area contributed by atoms with E-state index < -0.39 is 40.9 Å². The van der Waals surface area contributed by atoms with Gasteiger partial charge < -0.3 is 28.2 Å². The highest BCUT2D eigenvalue weighted by molar-refractivity contribution is 6.99. The Morgan fingerprint density at radius 1 is 0.919 bits per heavy atom. The number of aromatic nitrogens is 1. The van der Waals surface area contributed by atoms with E-state index in [0.717, 1.165) is 23.7 Å². The maximum absolute atomic E-state index is 14.1. The Kier molecular flexibility index (Phi) is 17.1. The minimum atomic E-state index is -3.05. The van der Waals surface area contributed by atoms with Crippen LogP contribution in [-0.4, -0.2) is 81.7 Å². The van der Waals surface area contributed by atoms with Gasteiger partial charge in [0.05, 0.1) is 12.2 Å². The highest BCUT2D eigenvalue weighted by Crippen LogP contribution is 2.39. The Morgan fingerprint density at radius 3 is 2.13 bits per heavy atom. The quantitative estimate of drug-likeness (QED) is 0.158. The summed E-state index contributed by atoms with van der Waals surface area (Å²) in [6.07, 6.45) is 11.6. The summed E-state index contributed by atoms with van der Waals surface area (Å²) in [7, 11) is -5.25. The van der Waals surface area contributed by atoms with Gasteiger partial charge in [0.1, 0.15) is 18.4 Å². The van der Waals surface area contributed by atoms with Crippen LogP contribution in [0.3, 0.4) is 0 Å². The number of nitrogens with zero attached hydrogens (tertiary/aromatic N) is 2. The smallest absolute Gasteiger partial charge is 0.329 e. The number of rotatable bonds is 10. The Hall–Kier alpha value is -4.37. The summed E-state index contributed by atoms with van der Waals surface area (Å²) in [5.74, 6) is -0.908. The van der Waals surface area contributed by atoms with Crippen molar-refractivity contribution >= 4 is 44.8 Å². The van der Waals surface area contributed by atoms with Gasteiger partial charge in [0.2, 0.25) is 5.91 Å². The van der Waals surface area contributed by atoms with Crippen LogP contribution in [-0.2, 0) is 29.6 Å². The minimum absolute atomic E-state index is 0.0213. The molecule has 1 fully saturated rings. The average Bonchev–Trinajstić information content (AvgIpc) is 3.95. The van der Waals surface area contributed by atoms with E-state index in [0.29, 0.717) is 44.7 Å². The summed E-state index contributed by atoms with van der Waals surface area (Å²) in [5.41, 5.74) is 1.14. The van der Waals surface area contributed by atoms with E-state index in [1.807, 2.05) is 45.1 Å². The van der Waals surface area contributed by atoms with Crippen molar-refractivity contribution in [3.8, 4) is 0 Å². The molecule has 336 valence electrons. The van der Waals surface area contributed by atoms with Crippen molar-refractivity contribution in [1.29, 1.82) is 0 Å². The van der Waals surface area contributed by atoms with Crippen molar-refractivity contribution < 1.29 is 32.4 Å². The first-order valence-electron chi connectivity index (χ1n) is 22.8. The third-order valence-corrected chi connectivity index (χ3v) is 22.5. The lowest BCUT2D eigenvalue weighted by Crippen LogP contribution is -2.67. The third-order valence-electron chi connectivity index (χ3n) is 12.8. The van der Waals surface area contributed by atoms with Crippen molar-refractivity contribution in [2.45, 2.75) is 142 Å². The van der Waals surface area contributed by atoms with E-state index >= 15 is 0 Å². The van der Waals surface area contributed by atoms with Crippen molar-refractivity contribution in [3.05, 3.63) is 114 Å². The van der Waals surface area contributed by atoms with Gasteiger partial charge in [-0.3, -0.25) is 9.59 Å². The molecule has 0 saturated carbocycles. The molecule has 12 heteroatoms. The molecule has 1 unspecified atom stereocenters. The molecule has 5 atom stereocenters. The number of oxazole rings is 1. The van der Waals surface area contributed by atoms with E-state index in [1.165, 1.54) is 22.7 Å². The van der Waals surface area contributed by atoms with Crippen LogP contribution in [0.2, 0.25) is 23.2 Å². The predicted molar refractivity (Wildman–Crippen MR) is 252 cm³/mol. The summed E-state index contributed by atoms with van der Waals surface area (Å²) in [5, 5.41) is 5.05. The van der Waals surface area contributed by atoms with Gasteiger partial charge in [0, 0.05) is 31.8 Å². The molecule has 2 aromatic carbocycles. The molecule has 1 N–H and O–H groups in total. The molecule has 3 heterocycles. The molecule has 1 saturated heterocycles. The Balaban J connectivity index is 1.63. The summed E-state index contributed by atoms with van der Waals surface area (Å²) < 4.78 is 27.4. The highest BCUT2D eigenvalue weighted by Gasteiger charge is 2.51. The standard InChI is InChI=1S/C50H71N3O7Si2/c1-11-61(12-2,13-3)59-40-33-39(60-62(50(8,9)10,41-23-16-14-17-24-41)42-25-18-15-19-26-42)32-37(6)22-20-30-51-45(54)29-28-38(7)47(36(4)5)58-49(56)44-27-21-31-53(44)48(55)43-35-57-46(34-40)52-43/h14-20,22-26,28-29,32,35-36,38-40,44,47H,11-13,21,27,30-31,33-34H2,1-10H3,(H,51,54)/b22-20+,29-28+,37-32+/t38-,39-,40?,44-,47-/m1/s1. The zero-order valence-electron chi connectivity index (χ0n) is 38.8. The van der Waals surface area contributed by atoms with Crippen LogP contribution in [0, 0.1) is 11.8 Å². The monoisotopic (exact) mass is 881 g/mol. The lowest BCUT2D eigenvalue weighted by molar-refractivity contribution is -0.158. The molecule has 0 radical (unpaired) electrons. The fraction of sp³-hybridized carbons (Fsp3) is 0.520. The topological polar surface area (TPSA) is 120 Å². The van der Waals surface area contributed by atoms with Crippen molar-refractivity contribution in [2.24, 2.45) is 11.8 Å². The fourth-order valence-electron chi connectivity index (χ4n) is 9.18. The van der Waals surface area contributed by atoms with E-state index in [4.69, 9.17) is 23.0 Å². The SMILES string of the molecule is CC[Si](CC)(CC)OC1Cc2nc(co2)C(=O)N2CCC[C@@H]2C(=O)O[C@H](C(C)C)[C@H](C)/C=C/C(=O)NC/C=C/C(C)=C/[C@@H](O[Si](c2ccccc2)(c2ccccc2)C(C)(C)C)C1. The first kappa shape index (κ1) is 48.7. The van der Waals surface area contributed by atoms with E-state index in [2.05, 4.69) is 108 Å². The molecular formula is C50H71N3O7Si2. The number of hydrogen-bond acceptors (Lipinski definition) is 8. The molecule has 10 nitrogen and oxygen atoms in total. The van der Waals surface area contributed by atoms with Gasteiger partial charge in [0.15, 0.2) is 19.9 Å². The van der Waals surface area contributed by atoms with Crippen LogP contribution in [0.25, 0.3) is 0 Å². The van der Waals surface area contributed by atoms with Crippen molar-refractivity contribution in [3.63, 3.8) is 0 Å². The van der Waals surface area contributed by atoms with Gasteiger partial charge in [-0.2, -0.15) is 0 Å². The van der Waals surface area contributed by atoms with Crippen LogP contribution >= 0.6 is 0 Å². The fourth-order valence-corrected chi connectivity index (χ4v) is 16.7. The molecule has 0 aliphatic carbocycles. The maximum atomic E-state index is 14.1. The Bertz CT molecular complexity index is 1970. The first-order chi connectivity index (χ1) is 29.6. The van der Waals surface area contributed by atoms with Crippen LogP contribution in [0.15, 0.2) is 107 Å². The predicted octanol–water partition coefficient (Wildman–Crippen LogP) is 8.94. The number of cyclic esters (lactones) is 1. The largest absolute Gasteiger partial charge is 0.460 e. The lowest BCUT2D eigenvalue weighted by Gasteiger charge is -2.45. The first-order valence-corrected chi connectivity index (χ1v) is 27.2. The van der Waals surface area contributed by atoms with Crippen LogP contribution < -0.4 is 15.7 Å². The number of fused-ring (bicyclic) bond motifs is 3. The number of carbonyl (C=O) groups excluding carboxylic acids is 3. The minimum Gasteiger partial charge on any atom is -0.460 e. The molecule has 62 heavy (non-hydrogen) atoms. The summed E-state index contributed by atoms with van der Waals surface area (Å²) >= 11 is 0. The van der Waals surface area contributed by atoms with Crippen LogP contribution in [0.5, 0.6) is 0 Å². The molecule has 1 aromatic heterocycles. The zero-order chi connectivity index (χ0) is 45.1. The maximum Gasteiger partial charge on any atom is 0.329 e. The van der Waals surface area contributed by atoms with Crippen LogP contribution in [0.4, 0.5) is 0 Å². The second-order valence-corrected chi connectivity index (χ2v) is 27.4. The summed E-state index contributed by atoms with van der Waals surface area (Å²) in [4.78, 5) is 47.3. The normalized spacial score (nSPS) is 24.8. The number of esters is 1. The third kappa shape index (κ3) is 11.8. The van der Waals surface area contributed by atoms with Gasteiger partial charge in [0.25, 0.3) is 14.2 Å². The molecule has 0 spiro atoms. The van der Waals surface area contributed by atoms with Gasteiger partial charge in [-0.1, -0.05) is 153 Å². The number of hydrogen-bond donors (Lipinski definition) is 1. The van der Waals surface area contributed by atoms with Gasteiger partial charge in [-0.25, -0.2) is 9.78 Å². The number of allylic oxidation sites excluding steroid dienone is 2. The average molecular weight is 882 g/mol. The molecule has 2 amide bonds. The van der Waals surface area contributed by atoms with E-state index in [-0.39, 0.29) is 40.5 Å². The Morgan fingerprint density at radius 2 is 1.55 bits per heavy atom. The molecule has 2 aliphatic heterocycles. The van der Waals surface area contributed by atoms with Gasteiger partial charge in [-0.05, 0) is 65.3 Å². The second kappa shape index (κ2) is 21.8. The van der Waals surface area contributed by atoms with E-state index in [1.54, 1.807) is 11.0 Å². The number of benzene rings is 2. The van der Waals surface area contributed by atoms with Gasteiger partial charge in [-0.15, -0.1) is 0 Å². The second-order valence-electron chi connectivity index (χ2n) is 18.4. The molecule has 5 rings (SSSR count). The number of ether oxygens (including phenoxy) is 1. The summed E-state index contributed by atoms with van der Waals surface area (Å²) in [6.45, 7) is 22.2. The lowest BCUT2D eigenvalue weighted by atomic mass is 9.94. The molecule has 3 aromatic rings. The zero-order valence-corrected chi connectivity index (χ0v) is 40.8. The van der Waals surface area contributed by atoms with Crippen LogP contribution in [0.1, 0.15) is 105 Å². The van der Waals surface area contributed by atoms with E-state index in [9.17, 15) is 14.4 Å². The van der Waals surface area contributed by atoms with Gasteiger partial charge >= 0.3 is 5.97 Å². The van der Waals surface area contributed by atoms with Crippen molar-refractivity contribution in [2.75, 3.05) is 13.1 Å². The number of carbonyl (C=O) groups is 3. The molecule has 2 aliphatic rings. The van der Waals surface area contributed by atoms with Crippen molar-refractivity contribution in [1.82, 2.24) is 15.2 Å². The Labute approximate surface area is 372 Å². The molecular weight excluding hydrogens is 811 g/mol.